The molecule has 0 rings (SSSR count). The number of halogens is 12. The third-order valence-corrected chi connectivity index (χ3v) is 3.12. The number of carbonyl (C=O) groups is 1. The summed E-state index contributed by atoms with van der Waals surface area (Å²) in [6, 6.07) is 0. The Labute approximate surface area is 154 Å². The van der Waals surface area contributed by atoms with E-state index in [2.05, 4.69) is 16.1 Å². The number of ether oxygens (including phenoxy) is 2. The number of hydrogen-bond donors (Lipinski definition) is 1. The Morgan fingerprint density at radius 1 is 0.897 bits per heavy atom. The van der Waals surface area contributed by atoms with Crippen LogP contribution in [0.1, 0.15) is 0 Å². The minimum atomic E-state index is -7.65. The maximum Gasteiger partial charge on any atom is 0.384 e. The fourth-order valence-electron chi connectivity index (χ4n) is 1.47. The first-order chi connectivity index (χ1) is 12.8. The second kappa shape index (κ2) is 8.97. The summed E-state index contributed by atoms with van der Waals surface area (Å²) in [5.41, 5.74) is 0. The van der Waals surface area contributed by atoms with E-state index >= 15 is 0 Å². The van der Waals surface area contributed by atoms with Gasteiger partial charge in [-0.05, 0) is 0 Å². The lowest BCUT2D eigenvalue weighted by Gasteiger charge is -2.39. The number of alkyl halides is 12. The molecule has 0 aliphatic carbocycles. The van der Waals surface area contributed by atoms with E-state index in [1.807, 2.05) is 0 Å². The first-order valence-corrected chi connectivity index (χ1v) is 7.01. The molecule has 172 valence electrons. The van der Waals surface area contributed by atoms with Crippen molar-refractivity contribution in [2.45, 2.75) is 42.1 Å². The summed E-state index contributed by atoms with van der Waals surface area (Å²) >= 11 is 0. The average molecular weight is 460 g/mol. The molecule has 1 atom stereocenters. The van der Waals surface area contributed by atoms with Crippen LogP contribution in [0.4, 0.5) is 52.7 Å². The Morgan fingerprint density at radius 2 is 1.38 bits per heavy atom. The Balaban J connectivity index is 5.33. The molecular formula is C13H12F12O4. The fourth-order valence-corrected chi connectivity index (χ4v) is 1.47. The Hall–Kier alpha value is -1.71. The number of carbonyl (C=O) groups excluding carboxylic acids is 1. The molecule has 0 heterocycles. The van der Waals surface area contributed by atoms with Crippen LogP contribution in [0.3, 0.4) is 0 Å². The van der Waals surface area contributed by atoms with Gasteiger partial charge in [-0.1, -0.05) is 6.58 Å². The summed E-state index contributed by atoms with van der Waals surface area (Å²) in [7, 11) is 0. The summed E-state index contributed by atoms with van der Waals surface area (Å²) in [5.74, 6) is -37.0. The van der Waals surface area contributed by atoms with E-state index in [1.54, 1.807) is 0 Å². The molecule has 1 unspecified atom stereocenters. The molecule has 0 aromatic heterocycles. The van der Waals surface area contributed by atoms with Gasteiger partial charge < -0.3 is 14.6 Å². The third-order valence-electron chi connectivity index (χ3n) is 3.12. The molecule has 0 saturated carbocycles. The number of hydrogen-bond acceptors (Lipinski definition) is 4. The van der Waals surface area contributed by atoms with Crippen molar-refractivity contribution >= 4 is 5.97 Å². The monoisotopic (exact) mass is 460 g/mol. The predicted octanol–water partition coefficient (Wildman–Crippen LogP) is 3.53. The van der Waals surface area contributed by atoms with Crippen LogP contribution < -0.4 is 0 Å². The standard InChI is InChI=1S/C13H12F12O4/c1-2-7(27)29-4-6(26)3-28-5-9(16,17)11(20,21)13(24,25)12(22,23)10(18,19)8(14)15/h2,6,8,26H,1,3-5H2. The van der Waals surface area contributed by atoms with Gasteiger partial charge in [0.25, 0.3) is 0 Å². The van der Waals surface area contributed by atoms with Crippen molar-refractivity contribution in [3.8, 4) is 0 Å². The van der Waals surface area contributed by atoms with E-state index in [-0.39, 0.29) is 0 Å². The molecule has 1 N–H and O–H groups in total. The van der Waals surface area contributed by atoms with Crippen molar-refractivity contribution in [2.75, 3.05) is 19.8 Å². The highest BCUT2D eigenvalue weighted by Gasteiger charge is 2.87. The van der Waals surface area contributed by atoms with Crippen LogP contribution in [-0.2, 0) is 14.3 Å². The summed E-state index contributed by atoms with van der Waals surface area (Å²) in [4.78, 5) is 10.6. The lowest BCUT2D eigenvalue weighted by atomic mass is 9.94. The van der Waals surface area contributed by atoms with Gasteiger partial charge in [0.1, 0.15) is 19.3 Å². The molecule has 29 heavy (non-hydrogen) atoms. The summed E-state index contributed by atoms with van der Waals surface area (Å²) in [6.45, 7) is -2.25. The zero-order valence-electron chi connectivity index (χ0n) is 13.8. The smallest absolute Gasteiger partial charge is 0.384 e. The first-order valence-electron chi connectivity index (χ1n) is 7.01. The fraction of sp³-hybridized carbons (Fsp3) is 0.769. The van der Waals surface area contributed by atoms with Crippen LogP contribution in [0.25, 0.3) is 0 Å². The van der Waals surface area contributed by atoms with Crippen LogP contribution in [0, 0.1) is 0 Å². The number of esters is 1. The average Bonchev–Trinajstić information content (AvgIpc) is 2.58. The normalized spacial score (nSPS) is 15.4. The van der Waals surface area contributed by atoms with E-state index in [0.717, 1.165) is 0 Å². The Kier molecular flexibility index (Phi) is 8.44. The van der Waals surface area contributed by atoms with Crippen LogP contribution in [0.5, 0.6) is 0 Å². The molecule has 0 amide bonds. The maximum absolute atomic E-state index is 13.3. The summed E-state index contributed by atoms with van der Waals surface area (Å²) in [5, 5.41) is 9.13. The molecule has 0 aromatic rings. The van der Waals surface area contributed by atoms with E-state index in [1.165, 1.54) is 0 Å². The van der Waals surface area contributed by atoms with Crippen LogP contribution in [0.15, 0.2) is 12.7 Å². The van der Waals surface area contributed by atoms with Crippen LogP contribution in [-0.4, -0.2) is 73.0 Å². The predicted molar refractivity (Wildman–Crippen MR) is 68.7 cm³/mol. The molecule has 0 radical (unpaired) electrons. The van der Waals surface area contributed by atoms with Gasteiger partial charge in [0.05, 0.1) is 6.61 Å². The van der Waals surface area contributed by atoms with E-state index in [9.17, 15) is 57.5 Å². The van der Waals surface area contributed by atoms with Gasteiger partial charge in [0, 0.05) is 6.08 Å². The molecule has 0 saturated heterocycles. The Bertz CT molecular complexity index is 578. The van der Waals surface area contributed by atoms with Gasteiger partial charge in [-0.3, -0.25) is 0 Å². The maximum atomic E-state index is 13.3. The summed E-state index contributed by atoms with van der Waals surface area (Å²) in [6.07, 6.45) is -6.97. The van der Waals surface area contributed by atoms with Gasteiger partial charge in [0.2, 0.25) is 0 Å². The largest absolute Gasteiger partial charge is 0.460 e. The van der Waals surface area contributed by atoms with Crippen LogP contribution >= 0.6 is 0 Å². The molecule has 0 aliphatic rings. The third kappa shape index (κ3) is 5.26. The van der Waals surface area contributed by atoms with Gasteiger partial charge in [-0.2, -0.15) is 43.9 Å². The van der Waals surface area contributed by atoms with E-state index in [0.29, 0.717) is 6.08 Å². The molecule has 16 heteroatoms. The number of aliphatic hydroxyl groups is 1. The van der Waals surface area contributed by atoms with E-state index in [4.69, 9.17) is 5.11 Å². The molecule has 0 aromatic carbocycles. The first kappa shape index (κ1) is 27.3. The Morgan fingerprint density at radius 3 is 1.79 bits per heavy atom. The quantitative estimate of drug-likeness (QED) is 0.275. The highest BCUT2D eigenvalue weighted by Crippen LogP contribution is 2.58. The van der Waals surface area contributed by atoms with Gasteiger partial charge in [-0.15, -0.1) is 0 Å². The molecule has 0 aliphatic heterocycles. The number of aliphatic hydroxyl groups excluding tert-OH is 1. The second-order valence-corrected chi connectivity index (χ2v) is 5.35. The zero-order valence-corrected chi connectivity index (χ0v) is 13.8. The second-order valence-electron chi connectivity index (χ2n) is 5.35. The van der Waals surface area contributed by atoms with Crippen molar-refractivity contribution in [3.05, 3.63) is 12.7 Å². The van der Waals surface area contributed by atoms with Crippen molar-refractivity contribution < 1.29 is 72.1 Å². The zero-order chi connectivity index (χ0) is 23.5. The minimum Gasteiger partial charge on any atom is -0.460 e. The van der Waals surface area contributed by atoms with Gasteiger partial charge >= 0.3 is 42.0 Å². The van der Waals surface area contributed by atoms with Crippen molar-refractivity contribution in [1.82, 2.24) is 0 Å². The minimum absolute atomic E-state index is 0.597. The van der Waals surface area contributed by atoms with Crippen LogP contribution in [0.2, 0.25) is 0 Å². The topological polar surface area (TPSA) is 55.8 Å². The lowest BCUT2D eigenvalue weighted by molar-refractivity contribution is -0.415. The molecule has 0 fully saturated rings. The van der Waals surface area contributed by atoms with E-state index < -0.39 is 67.9 Å². The SMILES string of the molecule is C=CC(=O)OCC(O)COCC(F)(F)C(F)(F)C(F)(F)C(F)(F)C(F)(F)C(F)F. The van der Waals surface area contributed by atoms with Crippen molar-refractivity contribution in [1.29, 1.82) is 0 Å². The molecule has 4 nitrogen and oxygen atoms in total. The lowest BCUT2D eigenvalue weighted by Crippen LogP contribution is -2.69. The highest BCUT2D eigenvalue weighted by atomic mass is 19.4. The summed E-state index contributed by atoms with van der Waals surface area (Å²) < 4.78 is 163. The highest BCUT2D eigenvalue weighted by molar-refractivity contribution is 5.81. The van der Waals surface area contributed by atoms with Crippen molar-refractivity contribution in [3.63, 3.8) is 0 Å². The van der Waals surface area contributed by atoms with Crippen molar-refractivity contribution in [2.24, 2.45) is 0 Å². The molecule has 0 spiro atoms. The molecular weight excluding hydrogens is 448 g/mol. The number of rotatable bonds is 12. The van der Waals surface area contributed by atoms with Gasteiger partial charge in [0.15, 0.2) is 0 Å². The molecule has 0 bridgehead atoms. The van der Waals surface area contributed by atoms with Gasteiger partial charge in [-0.25, -0.2) is 13.6 Å².